The maximum absolute atomic E-state index is 11.0. The fraction of sp³-hybridized carbons (Fsp3) is 0.500. The maximum atomic E-state index is 11.0. The van der Waals surface area contributed by atoms with E-state index in [0.717, 1.165) is 6.42 Å². The van der Waals surface area contributed by atoms with Crippen molar-refractivity contribution in [1.82, 2.24) is 4.72 Å². The van der Waals surface area contributed by atoms with Crippen LogP contribution in [0.1, 0.15) is 33.1 Å². The Kier molecular flexibility index (Phi) is 5.81. The van der Waals surface area contributed by atoms with E-state index in [1.807, 2.05) is 6.92 Å². The summed E-state index contributed by atoms with van der Waals surface area (Å²) in [7, 11) is 0. The van der Waals surface area contributed by atoms with E-state index in [-0.39, 0.29) is 10.6 Å². The quantitative estimate of drug-likeness (QED) is 0.354. The van der Waals surface area contributed by atoms with Gasteiger partial charge in [0, 0.05) is 25.0 Å². The van der Waals surface area contributed by atoms with Crippen molar-refractivity contribution in [2.24, 2.45) is 0 Å². The van der Waals surface area contributed by atoms with Gasteiger partial charge in [0.25, 0.3) is 5.70 Å². The second-order valence-corrected chi connectivity index (χ2v) is 4.59. The van der Waals surface area contributed by atoms with Crippen LogP contribution in [-0.4, -0.2) is 11.0 Å². The molecule has 1 unspecified atom stereocenters. The topological polar surface area (TPSA) is 55.2 Å². The summed E-state index contributed by atoms with van der Waals surface area (Å²) in [6.07, 6.45) is 5.37. The molecule has 1 N–H and O–H groups in total. The van der Waals surface area contributed by atoms with Gasteiger partial charge in [0.2, 0.25) is 0 Å². The van der Waals surface area contributed by atoms with Crippen LogP contribution < -0.4 is 4.72 Å². The zero-order valence-corrected chi connectivity index (χ0v) is 10.8. The smallest absolute Gasteiger partial charge is 0.258 e. The first-order valence-corrected chi connectivity index (χ1v) is 6.40. The second kappa shape index (κ2) is 7.15. The van der Waals surface area contributed by atoms with E-state index in [1.165, 1.54) is 11.9 Å². The van der Waals surface area contributed by atoms with Crippen LogP contribution in [0.2, 0.25) is 0 Å². The normalized spacial score (nSPS) is 22.9. The summed E-state index contributed by atoms with van der Waals surface area (Å²) in [6.45, 7) is 4.12. The van der Waals surface area contributed by atoms with E-state index < -0.39 is 0 Å². The molecule has 0 saturated carbocycles. The van der Waals surface area contributed by atoms with Crippen molar-refractivity contribution in [2.45, 2.75) is 39.2 Å². The summed E-state index contributed by atoms with van der Waals surface area (Å²) >= 11 is 1.32. The van der Waals surface area contributed by atoms with E-state index in [4.69, 9.17) is 0 Å². The van der Waals surface area contributed by atoms with Crippen molar-refractivity contribution in [3.05, 3.63) is 32.9 Å². The minimum absolute atomic E-state index is 0.153. The largest absolute Gasteiger partial charge is 0.280 e. The summed E-state index contributed by atoms with van der Waals surface area (Å²) in [4.78, 5) is 11.3. The average Bonchev–Trinajstić information content (AvgIpc) is 2.26. The molecule has 0 aromatic carbocycles. The minimum Gasteiger partial charge on any atom is -0.258 e. The molecule has 0 amide bonds. The molecule has 1 aliphatic rings. The lowest BCUT2D eigenvalue weighted by molar-refractivity contribution is -0.419. The molecule has 5 heteroatoms. The van der Waals surface area contributed by atoms with Gasteiger partial charge >= 0.3 is 0 Å². The van der Waals surface area contributed by atoms with Gasteiger partial charge in [-0.1, -0.05) is 24.8 Å². The SMILES string of the molecule is CCC(C)NSC1=C/CC#CC/C=C\1[N+](=O)[O-]. The molecule has 0 spiro atoms. The van der Waals surface area contributed by atoms with E-state index >= 15 is 0 Å². The van der Waals surface area contributed by atoms with Crippen LogP contribution in [0.25, 0.3) is 0 Å². The van der Waals surface area contributed by atoms with Crippen LogP contribution in [0.15, 0.2) is 22.8 Å². The fourth-order valence-electron chi connectivity index (χ4n) is 1.15. The molecule has 0 aromatic rings. The van der Waals surface area contributed by atoms with Gasteiger partial charge in [0.1, 0.15) is 0 Å². The molecule has 0 radical (unpaired) electrons. The lowest BCUT2D eigenvalue weighted by atomic mass is 10.2. The molecule has 17 heavy (non-hydrogen) atoms. The van der Waals surface area contributed by atoms with Crippen molar-refractivity contribution in [3.63, 3.8) is 0 Å². The van der Waals surface area contributed by atoms with E-state index in [0.29, 0.717) is 23.8 Å². The molecule has 0 fully saturated rings. The van der Waals surface area contributed by atoms with E-state index in [9.17, 15) is 10.1 Å². The Balaban J connectivity index is 2.77. The molecule has 4 nitrogen and oxygen atoms in total. The minimum atomic E-state index is -0.343. The highest BCUT2D eigenvalue weighted by atomic mass is 32.2. The Labute approximate surface area is 106 Å². The number of nitrogens with one attached hydrogen (secondary N) is 1. The van der Waals surface area contributed by atoms with Crippen molar-refractivity contribution >= 4 is 11.9 Å². The van der Waals surface area contributed by atoms with E-state index in [1.54, 1.807) is 12.2 Å². The van der Waals surface area contributed by atoms with Crippen molar-refractivity contribution in [1.29, 1.82) is 0 Å². The van der Waals surface area contributed by atoms with Gasteiger partial charge in [-0.3, -0.25) is 14.8 Å². The first kappa shape index (κ1) is 13.8. The predicted molar refractivity (Wildman–Crippen MR) is 70.7 cm³/mol. The second-order valence-electron chi connectivity index (χ2n) is 3.71. The highest BCUT2D eigenvalue weighted by Crippen LogP contribution is 2.24. The molecular formula is C12H16N2O2S. The summed E-state index contributed by atoms with van der Waals surface area (Å²) < 4.78 is 3.19. The summed E-state index contributed by atoms with van der Waals surface area (Å²) in [5.41, 5.74) is 0.153. The Morgan fingerprint density at radius 2 is 2.18 bits per heavy atom. The van der Waals surface area contributed by atoms with Gasteiger partial charge in [-0.2, -0.15) is 0 Å². The molecule has 1 rings (SSSR count). The standard InChI is InChI=1S/C12H16N2O2S/c1-3-10(2)13-17-12-9-7-5-4-6-8-11(12)14(15)16/h8-10,13H,3,6-7H2,1-2H3/b11-8+,12-9+. The van der Waals surface area contributed by atoms with Crippen LogP contribution in [-0.2, 0) is 0 Å². The molecule has 92 valence electrons. The number of rotatable bonds is 5. The number of hydrogen-bond donors (Lipinski definition) is 1. The lowest BCUT2D eigenvalue weighted by Crippen LogP contribution is -2.18. The zero-order valence-electron chi connectivity index (χ0n) is 10.0. The molecule has 0 aliphatic heterocycles. The monoisotopic (exact) mass is 252 g/mol. The van der Waals surface area contributed by atoms with Gasteiger partial charge in [-0.25, -0.2) is 0 Å². The summed E-state index contributed by atoms with van der Waals surface area (Å²) in [6, 6.07) is 0.324. The molecule has 0 bridgehead atoms. The zero-order chi connectivity index (χ0) is 12.7. The van der Waals surface area contributed by atoms with Crippen molar-refractivity contribution < 1.29 is 4.92 Å². The first-order valence-electron chi connectivity index (χ1n) is 5.58. The van der Waals surface area contributed by atoms with Gasteiger partial charge in [0.05, 0.1) is 9.83 Å². The maximum Gasteiger partial charge on any atom is 0.280 e. The third-order valence-corrected chi connectivity index (χ3v) is 3.46. The molecule has 1 atom stereocenters. The van der Waals surface area contributed by atoms with Crippen molar-refractivity contribution in [3.8, 4) is 11.8 Å². The summed E-state index contributed by atoms with van der Waals surface area (Å²) in [5.74, 6) is 5.81. The van der Waals surface area contributed by atoms with E-state index in [2.05, 4.69) is 23.5 Å². The third kappa shape index (κ3) is 4.63. The van der Waals surface area contributed by atoms with Gasteiger partial charge in [-0.15, -0.1) is 0 Å². The Hall–Kier alpha value is -1.25. The van der Waals surface area contributed by atoms with Crippen LogP contribution in [0.4, 0.5) is 0 Å². The van der Waals surface area contributed by atoms with Gasteiger partial charge in [-0.05, 0) is 25.3 Å². The van der Waals surface area contributed by atoms with Crippen LogP contribution in [0, 0.1) is 22.0 Å². The van der Waals surface area contributed by atoms with Crippen LogP contribution >= 0.6 is 11.9 Å². The Bertz CT molecular complexity index is 404. The number of hydrogen-bond acceptors (Lipinski definition) is 4. The molecule has 1 aliphatic carbocycles. The summed E-state index contributed by atoms with van der Waals surface area (Å²) in [5, 5.41) is 11.0. The molecule has 0 aromatic heterocycles. The molecular weight excluding hydrogens is 236 g/mol. The number of allylic oxidation sites excluding steroid dienone is 2. The predicted octanol–water partition coefficient (Wildman–Crippen LogP) is 2.86. The highest BCUT2D eigenvalue weighted by Gasteiger charge is 2.18. The third-order valence-electron chi connectivity index (χ3n) is 2.34. The Morgan fingerprint density at radius 1 is 1.53 bits per heavy atom. The molecule has 0 heterocycles. The average molecular weight is 252 g/mol. The Morgan fingerprint density at radius 3 is 2.76 bits per heavy atom. The van der Waals surface area contributed by atoms with Gasteiger partial charge < -0.3 is 0 Å². The molecule has 0 saturated heterocycles. The highest BCUT2D eigenvalue weighted by molar-refractivity contribution is 8.01. The van der Waals surface area contributed by atoms with Crippen molar-refractivity contribution in [2.75, 3.05) is 0 Å². The van der Waals surface area contributed by atoms with Crippen LogP contribution in [0.3, 0.4) is 0 Å². The fourth-order valence-corrected chi connectivity index (χ4v) is 2.07. The first-order chi connectivity index (χ1) is 8.15. The number of nitrogens with zero attached hydrogens (tertiary/aromatic N) is 1. The lowest BCUT2D eigenvalue weighted by Gasteiger charge is -2.11. The van der Waals surface area contributed by atoms with Crippen LogP contribution in [0.5, 0.6) is 0 Å². The number of nitro groups is 1. The van der Waals surface area contributed by atoms with Gasteiger partial charge in [0.15, 0.2) is 0 Å².